The molecule has 1 amide bonds. The summed E-state index contributed by atoms with van der Waals surface area (Å²) in [6.07, 6.45) is 1.83. The van der Waals surface area contributed by atoms with Gasteiger partial charge in [-0.3, -0.25) is 9.69 Å². The van der Waals surface area contributed by atoms with E-state index in [-0.39, 0.29) is 5.91 Å². The number of esters is 1. The minimum absolute atomic E-state index is 0.137. The number of rotatable bonds is 7. The maximum absolute atomic E-state index is 12.8. The van der Waals surface area contributed by atoms with Gasteiger partial charge in [0, 0.05) is 7.05 Å². The summed E-state index contributed by atoms with van der Waals surface area (Å²) in [6, 6.07) is 10.5. The summed E-state index contributed by atoms with van der Waals surface area (Å²) in [5.41, 5.74) is 1.92. The van der Waals surface area contributed by atoms with E-state index in [0.29, 0.717) is 46.0 Å². The molecule has 32 heavy (non-hydrogen) atoms. The first-order chi connectivity index (χ1) is 15.4. The van der Waals surface area contributed by atoms with Crippen LogP contribution in [0.2, 0.25) is 0 Å². The molecule has 168 valence electrons. The number of hydrogen-bond donors (Lipinski definition) is 0. The van der Waals surface area contributed by atoms with E-state index in [2.05, 4.69) is 27.6 Å². The molecule has 0 atom stereocenters. The van der Waals surface area contributed by atoms with Crippen LogP contribution in [0.15, 0.2) is 46.3 Å². The van der Waals surface area contributed by atoms with Gasteiger partial charge in [0.1, 0.15) is 0 Å². The van der Waals surface area contributed by atoms with Gasteiger partial charge in [0.2, 0.25) is 0 Å². The van der Waals surface area contributed by atoms with Crippen LogP contribution in [0, 0.1) is 3.57 Å². The number of hydrogen-bond acceptors (Lipinski definition) is 7. The lowest BCUT2D eigenvalue weighted by molar-refractivity contribution is -0.121. The van der Waals surface area contributed by atoms with Crippen molar-refractivity contribution in [2.45, 2.75) is 13.8 Å². The van der Waals surface area contributed by atoms with Crippen molar-refractivity contribution in [2.24, 2.45) is 4.99 Å². The number of ether oxygens (including phenoxy) is 3. The van der Waals surface area contributed by atoms with E-state index in [4.69, 9.17) is 14.2 Å². The summed E-state index contributed by atoms with van der Waals surface area (Å²) < 4.78 is 17.1. The van der Waals surface area contributed by atoms with Gasteiger partial charge in [0.05, 0.1) is 40.0 Å². The zero-order valence-electron chi connectivity index (χ0n) is 18.2. The summed E-state index contributed by atoms with van der Waals surface area (Å²) in [7, 11) is 3.02. The fraction of sp³-hybridized carbons (Fsp3) is 0.261. The monoisotopic (exact) mass is 566 g/mol. The molecule has 1 fully saturated rings. The number of amides is 1. The number of aliphatic imine (C=N–C) groups is 1. The number of halogens is 1. The van der Waals surface area contributed by atoms with Crippen molar-refractivity contribution in [3.63, 3.8) is 0 Å². The van der Waals surface area contributed by atoms with Gasteiger partial charge in [-0.2, -0.15) is 0 Å². The number of likely N-dealkylation sites (N-methyl/N-ethyl adjacent to an activating group) is 1. The van der Waals surface area contributed by atoms with Crippen molar-refractivity contribution in [2.75, 3.05) is 27.4 Å². The van der Waals surface area contributed by atoms with Crippen LogP contribution < -0.4 is 9.47 Å². The normalized spacial score (nSPS) is 16.0. The summed E-state index contributed by atoms with van der Waals surface area (Å²) >= 11 is 3.50. The zero-order valence-corrected chi connectivity index (χ0v) is 21.2. The second-order valence-corrected chi connectivity index (χ2v) is 8.77. The fourth-order valence-electron chi connectivity index (χ4n) is 2.92. The summed E-state index contributed by atoms with van der Waals surface area (Å²) in [6.45, 7) is 4.89. The van der Waals surface area contributed by atoms with Crippen LogP contribution in [-0.2, 0) is 9.53 Å². The van der Waals surface area contributed by atoms with Gasteiger partial charge in [-0.05, 0) is 96.2 Å². The maximum Gasteiger partial charge on any atom is 0.337 e. The summed E-state index contributed by atoms with van der Waals surface area (Å²) in [5, 5.41) is 0.553. The van der Waals surface area contributed by atoms with Crippen molar-refractivity contribution in [3.05, 3.63) is 56.0 Å². The number of methoxy groups -OCH3 is 1. The summed E-state index contributed by atoms with van der Waals surface area (Å²) in [5.74, 6) is 0.809. The first-order valence-corrected chi connectivity index (χ1v) is 11.8. The van der Waals surface area contributed by atoms with Gasteiger partial charge in [-0.1, -0.05) is 0 Å². The standard InChI is InChI=1S/C23H23IN2O5S/c1-5-30-18-12-14(11-17(24)20(18)31-6-2)13-19-21(27)26(3)23(32-19)25-16-9-7-15(8-10-16)22(28)29-4/h7-13H,5-6H2,1-4H3. The largest absolute Gasteiger partial charge is 0.490 e. The van der Waals surface area contributed by atoms with E-state index in [0.717, 1.165) is 9.13 Å². The van der Waals surface area contributed by atoms with E-state index >= 15 is 0 Å². The molecule has 1 heterocycles. The highest BCUT2D eigenvalue weighted by Crippen LogP contribution is 2.37. The molecule has 0 radical (unpaired) electrons. The number of amidine groups is 1. The van der Waals surface area contributed by atoms with E-state index in [1.165, 1.54) is 23.8 Å². The van der Waals surface area contributed by atoms with Crippen molar-refractivity contribution in [1.82, 2.24) is 4.90 Å². The van der Waals surface area contributed by atoms with Gasteiger partial charge < -0.3 is 14.2 Å². The molecule has 0 aliphatic carbocycles. The second-order valence-electron chi connectivity index (χ2n) is 6.60. The Bertz CT molecular complexity index is 1080. The lowest BCUT2D eigenvalue weighted by Gasteiger charge is -2.13. The van der Waals surface area contributed by atoms with E-state index in [1.54, 1.807) is 31.3 Å². The molecule has 3 rings (SSSR count). The van der Waals surface area contributed by atoms with Crippen LogP contribution in [0.4, 0.5) is 5.69 Å². The lowest BCUT2D eigenvalue weighted by atomic mass is 10.2. The molecule has 1 aliphatic heterocycles. The lowest BCUT2D eigenvalue weighted by Crippen LogP contribution is -2.23. The number of thioether (sulfide) groups is 1. The zero-order chi connectivity index (χ0) is 23.3. The minimum atomic E-state index is -0.409. The average molecular weight is 566 g/mol. The third-order valence-electron chi connectivity index (χ3n) is 4.43. The third kappa shape index (κ3) is 5.44. The molecule has 1 aliphatic rings. The Hall–Kier alpha value is -2.53. The molecule has 0 N–H and O–H groups in total. The average Bonchev–Trinajstić information content (AvgIpc) is 3.04. The van der Waals surface area contributed by atoms with Crippen LogP contribution in [0.5, 0.6) is 11.5 Å². The van der Waals surface area contributed by atoms with Gasteiger partial charge >= 0.3 is 5.97 Å². The Kier molecular flexibility index (Phi) is 8.19. The van der Waals surface area contributed by atoms with Crippen molar-refractivity contribution >= 4 is 63.2 Å². The van der Waals surface area contributed by atoms with Crippen molar-refractivity contribution in [3.8, 4) is 11.5 Å². The molecular formula is C23H23IN2O5S. The molecule has 0 bridgehead atoms. The van der Waals surface area contributed by atoms with E-state index in [1.807, 2.05) is 32.1 Å². The van der Waals surface area contributed by atoms with E-state index < -0.39 is 5.97 Å². The quantitative estimate of drug-likeness (QED) is 0.264. The fourth-order valence-corrected chi connectivity index (χ4v) is 4.69. The first-order valence-electron chi connectivity index (χ1n) is 9.91. The van der Waals surface area contributed by atoms with Crippen molar-refractivity contribution in [1.29, 1.82) is 0 Å². The van der Waals surface area contributed by atoms with Crippen LogP contribution in [0.25, 0.3) is 6.08 Å². The van der Waals surface area contributed by atoms with Crippen LogP contribution in [0.1, 0.15) is 29.8 Å². The molecule has 0 unspecified atom stereocenters. The molecule has 0 aromatic heterocycles. The smallest absolute Gasteiger partial charge is 0.337 e. The third-order valence-corrected chi connectivity index (χ3v) is 6.30. The molecule has 0 spiro atoms. The Morgan fingerprint density at radius 1 is 1.16 bits per heavy atom. The Balaban J connectivity index is 1.88. The molecule has 9 heteroatoms. The highest BCUT2D eigenvalue weighted by molar-refractivity contribution is 14.1. The number of carbonyl (C=O) groups is 2. The number of benzene rings is 2. The SMILES string of the molecule is CCOc1cc(C=C2SC(=Nc3ccc(C(=O)OC)cc3)N(C)C2=O)cc(I)c1OCC. The summed E-state index contributed by atoms with van der Waals surface area (Å²) in [4.78, 5) is 31.0. The first kappa shape index (κ1) is 24.1. The molecule has 2 aromatic rings. The van der Waals surface area contributed by atoms with Crippen molar-refractivity contribution < 1.29 is 23.8 Å². The van der Waals surface area contributed by atoms with Crippen LogP contribution >= 0.6 is 34.4 Å². The molecular weight excluding hydrogens is 543 g/mol. The number of carbonyl (C=O) groups excluding carboxylic acids is 2. The predicted octanol–water partition coefficient (Wildman–Crippen LogP) is 5.11. The number of nitrogens with zero attached hydrogens (tertiary/aromatic N) is 2. The Morgan fingerprint density at radius 2 is 1.84 bits per heavy atom. The van der Waals surface area contributed by atoms with E-state index in [9.17, 15) is 9.59 Å². The maximum atomic E-state index is 12.8. The molecule has 7 nitrogen and oxygen atoms in total. The highest BCUT2D eigenvalue weighted by Gasteiger charge is 2.30. The van der Waals surface area contributed by atoms with Gasteiger partial charge in [-0.25, -0.2) is 9.79 Å². The van der Waals surface area contributed by atoms with Gasteiger partial charge in [-0.15, -0.1) is 0 Å². The van der Waals surface area contributed by atoms with Gasteiger partial charge in [0.25, 0.3) is 5.91 Å². The highest BCUT2D eigenvalue weighted by atomic mass is 127. The predicted molar refractivity (Wildman–Crippen MR) is 135 cm³/mol. The van der Waals surface area contributed by atoms with Crippen LogP contribution in [0.3, 0.4) is 0 Å². The Labute approximate surface area is 205 Å². The van der Waals surface area contributed by atoms with Gasteiger partial charge in [0.15, 0.2) is 16.7 Å². The van der Waals surface area contributed by atoms with Crippen LogP contribution in [-0.4, -0.2) is 49.3 Å². The molecule has 1 saturated heterocycles. The minimum Gasteiger partial charge on any atom is -0.490 e. The Morgan fingerprint density at radius 3 is 2.47 bits per heavy atom. The molecule has 0 saturated carbocycles. The topological polar surface area (TPSA) is 77.4 Å². The second kappa shape index (κ2) is 10.9. The molecule has 2 aromatic carbocycles.